The number of Topliss-reactive ketones (excluding diaryl/α,β-unsaturated/α-hetero) is 1. The Labute approximate surface area is 91.2 Å². The van der Waals surface area contributed by atoms with E-state index in [2.05, 4.69) is 15.9 Å². The lowest BCUT2D eigenvalue weighted by atomic mass is 10.1. The highest BCUT2D eigenvalue weighted by Crippen LogP contribution is 2.37. The van der Waals surface area contributed by atoms with Gasteiger partial charge in [0.1, 0.15) is 11.4 Å². The van der Waals surface area contributed by atoms with Gasteiger partial charge in [0.15, 0.2) is 5.78 Å². The van der Waals surface area contributed by atoms with E-state index in [1.807, 2.05) is 0 Å². The molecule has 1 nitrogen and oxygen atoms in total. The summed E-state index contributed by atoms with van der Waals surface area (Å²) in [5.74, 6) is -1.95. The summed E-state index contributed by atoms with van der Waals surface area (Å²) in [6.45, 7) is 1.15. The van der Waals surface area contributed by atoms with Gasteiger partial charge in [0.25, 0.3) is 0 Å². The summed E-state index contributed by atoms with van der Waals surface area (Å²) in [7, 11) is 0. The molecule has 0 heterocycles. The minimum absolute atomic E-state index is 0.104. The monoisotopic (exact) mass is 284 g/mol. The fourth-order valence-electron chi connectivity index (χ4n) is 1.05. The van der Waals surface area contributed by atoms with Gasteiger partial charge in [-0.2, -0.15) is 13.2 Å². The van der Waals surface area contributed by atoms with Crippen molar-refractivity contribution >= 4 is 21.7 Å². The van der Waals surface area contributed by atoms with Crippen LogP contribution in [-0.2, 0) is 6.18 Å². The van der Waals surface area contributed by atoms with Gasteiger partial charge < -0.3 is 0 Å². The molecular weight excluding hydrogens is 280 g/mol. The molecule has 15 heavy (non-hydrogen) atoms. The Balaban J connectivity index is 3.41. The zero-order valence-corrected chi connectivity index (χ0v) is 9.04. The molecule has 0 aromatic heterocycles. The van der Waals surface area contributed by atoms with Gasteiger partial charge in [0.05, 0.1) is 0 Å². The second-order valence-electron chi connectivity index (χ2n) is 2.87. The summed E-state index contributed by atoms with van der Waals surface area (Å²) in [5.41, 5.74) is -1.50. The fourth-order valence-corrected chi connectivity index (χ4v) is 1.71. The molecule has 1 aromatic rings. The van der Waals surface area contributed by atoms with Crippen molar-refractivity contribution in [2.24, 2.45) is 0 Å². The van der Waals surface area contributed by atoms with Crippen LogP contribution in [0, 0.1) is 5.82 Å². The van der Waals surface area contributed by atoms with Crippen molar-refractivity contribution in [3.8, 4) is 0 Å². The first-order valence-electron chi connectivity index (χ1n) is 3.80. The Hall–Kier alpha value is -0.910. The quantitative estimate of drug-likeness (QED) is 0.566. The first kappa shape index (κ1) is 12.2. The molecule has 0 atom stereocenters. The van der Waals surface area contributed by atoms with E-state index in [1.54, 1.807) is 0 Å². The van der Waals surface area contributed by atoms with Crippen molar-refractivity contribution in [1.29, 1.82) is 0 Å². The molecule has 0 spiro atoms. The van der Waals surface area contributed by atoms with Crippen LogP contribution >= 0.6 is 15.9 Å². The van der Waals surface area contributed by atoms with Crippen LogP contribution in [0.15, 0.2) is 16.6 Å². The van der Waals surface area contributed by atoms with Gasteiger partial charge in [-0.1, -0.05) is 15.9 Å². The van der Waals surface area contributed by atoms with E-state index in [4.69, 9.17) is 0 Å². The summed E-state index contributed by atoms with van der Waals surface area (Å²) < 4.78 is 49.5. The Bertz CT molecular complexity index is 388. The van der Waals surface area contributed by atoms with Gasteiger partial charge in [-0.05, 0) is 19.1 Å². The normalized spacial score (nSPS) is 11.6. The van der Waals surface area contributed by atoms with Crippen LogP contribution in [0.2, 0.25) is 0 Å². The molecule has 0 N–H and O–H groups in total. The van der Waals surface area contributed by atoms with Crippen molar-refractivity contribution in [3.05, 3.63) is 33.5 Å². The third-order valence-corrected chi connectivity index (χ3v) is 2.36. The molecule has 0 saturated heterocycles. The Morgan fingerprint density at radius 3 is 2.20 bits per heavy atom. The summed E-state index contributed by atoms with van der Waals surface area (Å²) in [4.78, 5) is 10.8. The number of rotatable bonds is 1. The number of hydrogen-bond donors (Lipinski definition) is 0. The number of alkyl halides is 3. The van der Waals surface area contributed by atoms with Gasteiger partial charge >= 0.3 is 6.18 Å². The molecule has 0 fully saturated rings. The molecule has 0 aliphatic heterocycles. The fraction of sp³-hybridized carbons (Fsp3) is 0.222. The molecule has 0 saturated carbocycles. The molecule has 0 bridgehead atoms. The Kier molecular flexibility index (Phi) is 3.18. The summed E-state index contributed by atoms with van der Waals surface area (Å²) >= 11 is 2.59. The molecule has 1 rings (SSSR count). The maximum Gasteiger partial charge on any atom is 0.420 e. The predicted molar refractivity (Wildman–Crippen MR) is 49.1 cm³/mol. The lowest BCUT2D eigenvalue weighted by Crippen LogP contribution is -2.10. The van der Waals surface area contributed by atoms with Gasteiger partial charge in [0, 0.05) is 10.0 Å². The van der Waals surface area contributed by atoms with E-state index in [-0.39, 0.29) is 5.56 Å². The van der Waals surface area contributed by atoms with Crippen LogP contribution in [0.4, 0.5) is 17.6 Å². The standard InChI is InChI=1S/C9H5BrF4O/c1-4(15)5-2-6(10)8(7(11)3-5)9(12,13)14/h2-3H,1H3. The Morgan fingerprint density at radius 2 is 1.87 bits per heavy atom. The van der Waals surface area contributed by atoms with Crippen molar-refractivity contribution < 1.29 is 22.4 Å². The van der Waals surface area contributed by atoms with Crippen molar-refractivity contribution in [2.45, 2.75) is 13.1 Å². The lowest BCUT2D eigenvalue weighted by molar-refractivity contribution is -0.140. The largest absolute Gasteiger partial charge is 0.420 e. The molecule has 0 amide bonds. The summed E-state index contributed by atoms with van der Waals surface area (Å²) in [5, 5.41) is 0. The van der Waals surface area contributed by atoms with Gasteiger partial charge in [-0.3, -0.25) is 4.79 Å². The highest BCUT2D eigenvalue weighted by molar-refractivity contribution is 9.10. The first-order chi connectivity index (χ1) is 6.73. The summed E-state index contributed by atoms with van der Waals surface area (Å²) in [6.07, 6.45) is -4.78. The molecule has 0 aliphatic rings. The summed E-state index contributed by atoms with van der Waals surface area (Å²) in [6, 6.07) is 1.53. The third kappa shape index (κ3) is 2.56. The van der Waals surface area contributed by atoms with Crippen LogP contribution in [0.3, 0.4) is 0 Å². The average Bonchev–Trinajstić information content (AvgIpc) is 1.99. The number of hydrogen-bond acceptors (Lipinski definition) is 1. The van der Waals surface area contributed by atoms with E-state index in [0.29, 0.717) is 6.07 Å². The number of halogens is 5. The van der Waals surface area contributed by atoms with Gasteiger partial charge in [-0.25, -0.2) is 4.39 Å². The van der Waals surface area contributed by atoms with Crippen LogP contribution in [0.25, 0.3) is 0 Å². The highest BCUT2D eigenvalue weighted by Gasteiger charge is 2.36. The van der Waals surface area contributed by atoms with Crippen LogP contribution in [0.1, 0.15) is 22.8 Å². The number of carbonyl (C=O) groups is 1. The minimum Gasteiger partial charge on any atom is -0.295 e. The van der Waals surface area contributed by atoms with E-state index in [9.17, 15) is 22.4 Å². The molecule has 6 heteroatoms. The van der Waals surface area contributed by atoms with Crippen LogP contribution in [0.5, 0.6) is 0 Å². The number of carbonyl (C=O) groups excluding carboxylic acids is 1. The van der Waals surface area contributed by atoms with Gasteiger partial charge in [0.2, 0.25) is 0 Å². The predicted octanol–water partition coefficient (Wildman–Crippen LogP) is 3.81. The van der Waals surface area contributed by atoms with Crippen molar-refractivity contribution in [3.63, 3.8) is 0 Å². The van der Waals surface area contributed by atoms with Gasteiger partial charge in [-0.15, -0.1) is 0 Å². The zero-order chi connectivity index (χ0) is 11.8. The smallest absolute Gasteiger partial charge is 0.295 e. The number of benzene rings is 1. The SMILES string of the molecule is CC(=O)c1cc(F)c(C(F)(F)F)c(Br)c1. The zero-order valence-electron chi connectivity index (χ0n) is 7.45. The highest BCUT2D eigenvalue weighted by atomic mass is 79.9. The Morgan fingerprint density at radius 1 is 1.33 bits per heavy atom. The third-order valence-electron chi connectivity index (χ3n) is 1.73. The van der Waals surface area contributed by atoms with Crippen LogP contribution < -0.4 is 0 Å². The average molecular weight is 285 g/mol. The maximum absolute atomic E-state index is 13.1. The second kappa shape index (κ2) is 3.92. The minimum atomic E-state index is -4.78. The van der Waals surface area contributed by atoms with E-state index < -0.39 is 27.8 Å². The first-order valence-corrected chi connectivity index (χ1v) is 4.60. The molecule has 0 unspecified atom stereocenters. The van der Waals surface area contributed by atoms with E-state index in [1.165, 1.54) is 0 Å². The van der Waals surface area contributed by atoms with Crippen molar-refractivity contribution in [2.75, 3.05) is 0 Å². The van der Waals surface area contributed by atoms with Crippen molar-refractivity contribution in [1.82, 2.24) is 0 Å². The molecule has 0 radical (unpaired) electrons. The lowest BCUT2D eigenvalue weighted by Gasteiger charge is -2.11. The van der Waals surface area contributed by atoms with E-state index >= 15 is 0 Å². The maximum atomic E-state index is 13.1. The molecule has 82 valence electrons. The second-order valence-corrected chi connectivity index (χ2v) is 3.72. The molecule has 0 aliphatic carbocycles. The topological polar surface area (TPSA) is 17.1 Å². The molecular formula is C9H5BrF4O. The molecule has 1 aromatic carbocycles. The van der Waals surface area contributed by atoms with E-state index in [0.717, 1.165) is 13.0 Å². The number of ketones is 1. The van der Waals surface area contributed by atoms with Crippen LogP contribution in [-0.4, -0.2) is 5.78 Å².